The minimum Gasteiger partial charge on any atom is -0.376 e. The van der Waals surface area contributed by atoms with Crippen LogP contribution in [-0.4, -0.2) is 64.1 Å². The van der Waals surface area contributed by atoms with Crippen LogP contribution in [0.25, 0.3) is 17.0 Å². The maximum atomic E-state index is 13.1. The maximum absolute atomic E-state index is 13.1. The average Bonchev–Trinajstić information content (AvgIpc) is 3.60. The zero-order chi connectivity index (χ0) is 23.7. The zero-order valence-electron chi connectivity index (χ0n) is 18.6. The summed E-state index contributed by atoms with van der Waals surface area (Å²) >= 11 is 10.4. The molecule has 2 atom stereocenters. The molecule has 2 amide bonds. The molecule has 0 aliphatic carbocycles. The Morgan fingerprint density at radius 2 is 2.00 bits per heavy atom. The van der Waals surface area contributed by atoms with Crippen LogP contribution in [0.1, 0.15) is 31.2 Å². The lowest BCUT2D eigenvalue weighted by Gasteiger charge is -2.18. The molecule has 3 aliphatic rings. The molecule has 5 rings (SSSR count). The number of fused-ring (bicyclic) bond motifs is 1. The Balaban J connectivity index is 1.36. The van der Waals surface area contributed by atoms with Gasteiger partial charge in [0.1, 0.15) is 10.9 Å². The number of hydrogen-bond acceptors (Lipinski definition) is 6. The van der Waals surface area contributed by atoms with Gasteiger partial charge in [-0.15, -0.1) is 0 Å². The molecule has 0 unspecified atom stereocenters. The van der Waals surface area contributed by atoms with E-state index in [-0.39, 0.29) is 30.6 Å². The van der Waals surface area contributed by atoms with Crippen molar-refractivity contribution < 1.29 is 19.1 Å². The van der Waals surface area contributed by atoms with Gasteiger partial charge in [-0.3, -0.25) is 14.5 Å². The first-order valence-electron chi connectivity index (χ1n) is 11.5. The van der Waals surface area contributed by atoms with Gasteiger partial charge in [-0.05, 0) is 50.0 Å². The number of ether oxygens (including phenoxy) is 2. The Morgan fingerprint density at radius 3 is 2.74 bits per heavy atom. The van der Waals surface area contributed by atoms with Gasteiger partial charge in [0.15, 0.2) is 0 Å². The molecule has 0 saturated carbocycles. The first-order valence-corrected chi connectivity index (χ1v) is 13.5. The molecule has 0 radical (unpaired) electrons. The third kappa shape index (κ3) is 5.26. The lowest BCUT2D eigenvalue weighted by molar-refractivity contribution is -0.123. The van der Waals surface area contributed by atoms with Gasteiger partial charge in [0.25, 0.3) is 5.91 Å². The number of carbonyl (C=O) groups is 2. The smallest absolute Gasteiger partial charge is 0.266 e. The van der Waals surface area contributed by atoms with Crippen LogP contribution in [0.4, 0.5) is 0 Å². The van der Waals surface area contributed by atoms with Crippen molar-refractivity contribution in [2.24, 2.45) is 0 Å². The molecule has 10 heteroatoms. The highest BCUT2D eigenvalue weighted by Crippen LogP contribution is 2.35. The van der Waals surface area contributed by atoms with Gasteiger partial charge in [-0.1, -0.05) is 39.9 Å². The SMILES string of the molecule is O=C(Cn1cc(/C=C2\SC(=S)N(C[C@H]3CCCO3)C2=O)c2cc(Br)ccc21)NC[C@@H]1CCCO1. The lowest BCUT2D eigenvalue weighted by atomic mass is 10.1. The van der Waals surface area contributed by atoms with Gasteiger partial charge < -0.3 is 19.4 Å². The quantitative estimate of drug-likeness (QED) is 0.404. The number of thiocarbonyl (C=S) groups is 1. The van der Waals surface area contributed by atoms with Gasteiger partial charge in [0.2, 0.25) is 5.91 Å². The summed E-state index contributed by atoms with van der Waals surface area (Å²) in [5.74, 6) is -0.152. The molecule has 0 bridgehead atoms. The number of nitrogens with one attached hydrogen (secondary N) is 1. The number of nitrogens with zero attached hydrogens (tertiary/aromatic N) is 2. The molecular weight excluding hydrogens is 538 g/mol. The van der Waals surface area contributed by atoms with Crippen LogP contribution in [0.2, 0.25) is 0 Å². The predicted molar refractivity (Wildman–Crippen MR) is 140 cm³/mol. The van der Waals surface area contributed by atoms with Crippen LogP contribution in [-0.2, 0) is 25.6 Å². The number of halogens is 1. The monoisotopic (exact) mass is 563 g/mol. The molecule has 3 aliphatic heterocycles. The Bertz CT molecular complexity index is 1150. The van der Waals surface area contributed by atoms with Crippen molar-refractivity contribution >= 4 is 73.0 Å². The van der Waals surface area contributed by atoms with Gasteiger partial charge >= 0.3 is 0 Å². The average molecular weight is 565 g/mol. The van der Waals surface area contributed by atoms with E-state index in [1.54, 1.807) is 4.90 Å². The second-order valence-electron chi connectivity index (χ2n) is 8.74. The van der Waals surface area contributed by atoms with E-state index in [2.05, 4.69) is 21.2 Å². The van der Waals surface area contributed by atoms with E-state index in [9.17, 15) is 9.59 Å². The standard InChI is InChI=1S/C24H26BrN3O4S2/c25-16-5-6-20-19(10-16)15(12-27(20)14-22(29)26-11-17-3-1-7-31-17)9-21-23(30)28(24(33)34-21)13-18-4-2-8-32-18/h5-6,9-10,12,17-18H,1-4,7-8,11,13-14H2,(H,26,29)/b21-9-/t17-,18+/m0/s1. The van der Waals surface area contributed by atoms with Gasteiger partial charge in [0, 0.05) is 46.9 Å². The van der Waals surface area contributed by atoms with Crippen LogP contribution >= 0.6 is 39.9 Å². The van der Waals surface area contributed by atoms with Crippen molar-refractivity contribution in [1.29, 1.82) is 0 Å². The summed E-state index contributed by atoms with van der Waals surface area (Å²) in [6, 6.07) is 5.94. The van der Waals surface area contributed by atoms with E-state index in [0.29, 0.717) is 22.3 Å². The highest BCUT2D eigenvalue weighted by atomic mass is 79.9. The van der Waals surface area contributed by atoms with E-state index in [1.165, 1.54) is 11.8 Å². The molecule has 3 saturated heterocycles. The van der Waals surface area contributed by atoms with Crippen LogP contribution in [0.15, 0.2) is 33.8 Å². The fraction of sp³-hybridized carbons (Fsp3) is 0.458. The van der Waals surface area contributed by atoms with Gasteiger partial charge in [-0.2, -0.15) is 0 Å². The van der Waals surface area contributed by atoms with E-state index in [4.69, 9.17) is 21.7 Å². The molecule has 7 nitrogen and oxygen atoms in total. The number of benzene rings is 1. The van der Waals surface area contributed by atoms with E-state index in [1.807, 2.05) is 35.0 Å². The molecule has 4 heterocycles. The summed E-state index contributed by atoms with van der Waals surface area (Å²) in [5, 5.41) is 3.94. The summed E-state index contributed by atoms with van der Waals surface area (Å²) < 4.78 is 14.7. The molecule has 3 fully saturated rings. The maximum Gasteiger partial charge on any atom is 0.266 e. The van der Waals surface area contributed by atoms with Crippen LogP contribution < -0.4 is 5.32 Å². The van der Waals surface area contributed by atoms with Crippen molar-refractivity contribution in [1.82, 2.24) is 14.8 Å². The van der Waals surface area contributed by atoms with E-state index >= 15 is 0 Å². The molecule has 34 heavy (non-hydrogen) atoms. The van der Waals surface area contributed by atoms with Gasteiger partial charge in [0.05, 0.1) is 23.7 Å². The van der Waals surface area contributed by atoms with E-state index in [0.717, 1.165) is 59.8 Å². The number of amides is 2. The van der Waals surface area contributed by atoms with Crippen molar-refractivity contribution in [3.8, 4) is 0 Å². The summed E-state index contributed by atoms with van der Waals surface area (Å²) in [6.45, 7) is 2.73. The third-order valence-corrected chi connectivity index (χ3v) is 8.18. The molecular formula is C24H26BrN3O4S2. The Kier molecular flexibility index (Phi) is 7.41. The molecule has 180 valence electrons. The van der Waals surface area contributed by atoms with Gasteiger partial charge in [-0.25, -0.2) is 0 Å². The second-order valence-corrected chi connectivity index (χ2v) is 11.3. The molecule has 1 aromatic heterocycles. The fourth-order valence-corrected chi connectivity index (χ4v) is 6.20. The summed E-state index contributed by atoms with van der Waals surface area (Å²) in [5.41, 5.74) is 1.80. The lowest BCUT2D eigenvalue weighted by Crippen LogP contribution is -2.35. The second kappa shape index (κ2) is 10.5. The number of aromatic nitrogens is 1. The first-order chi connectivity index (χ1) is 16.5. The first kappa shape index (κ1) is 24.0. The zero-order valence-corrected chi connectivity index (χ0v) is 21.8. The number of hydrogen-bond donors (Lipinski definition) is 1. The van der Waals surface area contributed by atoms with Crippen molar-refractivity contribution in [3.63, 3.8) is 0 Å². The van der Waals surface area contributed by atoms with Crippen molar-refractivity contribution in [3.05, 3.63) is 39.3 Å². The highest BCUT2D eigenvalue weighted by molar-refractivity contribution is 9.10. The minimum atomic E-state index is -0.0873. The third-order valence-electron chi connectivity index (χ3n) is 6.31. The van der Waals surface area contributed by atoms with Crippen molar-refractivity contribution in [2.45, 2.75) is 44.4 Å². The topological polar surface area (TPSA) is 72.8 Å². The van der Waals surface area contributed by atoms with Crippen LogP contribution in [0.5, 0.6) is 0 Å². The summed E-state index contributed by atoms with van der Waals surface area (Å²) in [6.07, 6.45) is 7.95. The number of thioether (sulfide) groups is 1. The summed E-state index contributed by atoms with van der Waals surface area (Å²) in [7, 11) is 0. The Labute approximate surface area is 216 Å². The molecule has 2 aromatic rings. The number of rotatable bonds is 7. The van der Waals surface area contributed by atoms with Crippen LogP contribution in [0.3, 0.4) is 0 Å². The summed E-state index contributed by atoms with van der Waals surface area (Å²) in [4.78, 5) is 28.0. The Hall–Kier alpha value is -1.72. The number of carbonyl (C=O) groups excluding carboxylic acids is 2. The predicted octanol–water partition coefficient (Wildman–Crippen LogP) is 4.08. The van der Waals surface area contributed by atoms with Crippen molar-refractivity contribution in [2.75, 3.05) is 26.3 Å². The Morgan fingerprint density at radius 1 is 1.24 bits per heavy atom. The molecule has 1 aromatic carbocycles. The van der Waals surface area contributed by atoms with E-state index < -0.39 is 0 Å². The largest absolute Gasteiger partial charge is 0.376 e. The fourth-order valence-electron chi connectivity index (χ4n) is 4.58. The minimum absolute atomic E-state index is 0.0489. The molecule has 1 N–H and O–H groups in total. The van der Waals surface area contributed by atoms with Crippen LogP contribution in [0, 0.1) is 0 Å². The highest BCUT2D eigenvalue weighted by Gasteiger charge is 2.34. The molecule has 0 spiro atoms. The normalized spacial score (nSPS) is 24.1.